The molecule has 3 aromatic rings. The second-order valence-electron chi connectivity index (χ2n) is 7.65. The summed E-state index contributed by atoms with van der Waals surface area (Å²) >= 11 is 0. The van der Waals surface area contributed by atoms with Gasteiger partial charge >= 0.3 is 6.03 Å². The van der Waals surface area contributed by atoms with E-state index in [9.17, 15) is 4.79 Å². The van der Waals surface area contributed by atoms with Crippen LogP contribution in [0.1, 0.15) is 17.8 Å². The van der Waals surface area contributed by atoms with Crippen LogP contribution in [0.15, 0.2) is 66.0 Å². The largest absolute Gasteiger partial charge is 0.344 e. The van der Waals surface area contributed by atoms with Crippen LogP contribution in [0.25, 0.3) is 5.69 Å². The van der Waals surface area contributed by atoms with Gasteiger partial charge in [0.05, 0.1) is 18.4 Å². The molecule has 1 saturated heterocycles. The number of hydrogen-bond donors (Lipinski definition) is 0. The fourth-order valence-electron chi connectivity index (χ4n) is 3.55. The van der Waals surface area contributed by atoms with E-state index in [0.717, 1.165) is 11.4 Å². The van der Waals surface area contributed by atoms with E-state index in [4.69, 9.17) is 0 Å². The summed E-state index contributed by atoms with van der Waals surface area (Å²) < 4.78 is 16.9. The molecule has 0 bridgehead atoms. The number of carbonyl (C=O) groups is 1. The van der Waals surface area contributed by atoms with Crippen LogP contribution in [0.4, 0.5) is 14.9 Å². The third-order valence-corrected chi connectivity index (χ3v) is 5.02. The number of carbonyl (C=O) groups excluding carboxylic acids is 1. The number of aromatic nitrogens is 2. The Morgan fingerprint density at radius 1 is 1.16 bits per heavy atom. The lowest BCUT2D eigenvalue weighted by Crippen LogP contribution is -2.47. The summed E-state index contributed by atoms with van der Waals surface area (Å²) in [5.41, 5.74) is 1.82. The molecule has 0 unspecified atom stereocenters. The van der Waals surface area contributed by atoms with E-state index in [2.05, 4.69) is 10.1 Å². The van der Waals surface area contributed by atoms with Crippen LogP contribution in [0.2, 0.25) is 0 Å². The molecule has 2 amide bonds. The summed E-state index contributed by atoms with van der Waals surface area (Å²) in [6.07, 6.45) is 5.85. The minimum Gasteiger partial charge on any atom is -0.303 e. The Balaban J connectivity index is 1.55. The van der Waals surface area contributed by atoms with Gasteiger partial charge in [0.1, 0.15) is 11.6 Å². The molecule has 0 spiro atoms. The van der Waals surface area contributed by atoms with Crippen LogP contribution in [-0.4, -0.2) is 58.9 Å². The Hall–Kier alpha value is -3.52. The molecule has 0 saturated carbocycles. The van der Waals surface area contributed by atoms with Crippen molar-refractivity contribution in [2.75, 3.05) is 32.1 Å². The van der Waals surface area contributed by atoms with Crippen LogP contribution in [0.3, 0.4) is 0 Å². The number of amides is 2. The molecule has 0 atom stereocenters. The highest BCUT2D eigenvalue weighted by molar-refractivity contribution is 5.93. The number of rotatable bonds is 6. The van der Waals surface area contributed by atoms with E-state index in [-0.39, 0.29) is 11.7 Å². The highest BCUT2D eigenvalue weighted by Crippen LogP contribution is 2.26. The summed E-state index contributed by atoms with van der Waals surface area (Å²) in [7, 11) is 3.91. The molecule has 4 rings (SSSR count). The Morgan fingerprint density at radius 2 is 1.97 bits per heavy atom. The third kappa shape index (κ3) is 4.64. The number of nitrogens with zero attached hydrogens (tertiary/aromatic N) is 6. The summed E-state index contributed by atoms with van der Waals surface area (Å²) in [5, 5.41) is 5.70. The first-order valence-corrected chi connectivity index (χ1v) is 10.2. The number of hydrazone groups is 1. The fourth-order valence-corrected chi connectivity index (χ4v) is 3.55. The maximum atomic E-state index is 15.1. The van der Waals surface area contributed by atoms with Gasteiger partial charge in [0.25, 0.3) is 0 Å². The van der Waals surface area contributed by atoms with Gasteiger partial charge in [0.15, 0.2) is 0 Å². The second-order valence-corrected chi connectivity index (χ2v) is 7.65. The lowest BCUT2D eigenvalue weighted by Gasteiger charge is -2.32. The zero-order valence-corrected chi connectivity index (χ0v) is 17.6. The van der Waals surface area contributed by atoms with E-state index >= 15 is 4.39 Å². The average Bonchev–Trinajstić information content (AvgIpc) is 3.21. The van der Waals surface area contributed by atoms with Gasteiger partial charge in [0, 0.05) is 37.2 Å². The third-order valence-electron chi connectivity index (χ3n) is 5.02. The van der Waals surface area contributed by atoms with Crippen molar-refractivity contribution >= 4 is 17.9 Å². The van der Waals surface area contributed by atoms with E-state index in [0.29, 0.717) is 31.7 Å². The predicted octanol–water partition coefficient (Wildman–Crippen LogP) is 3.74. The van der Waals surface area contributed by atoms with Gasteiger partial charge in [-0.15, -0.1) is 0 Å². The number of imidazole rings is 1. The molecule has 1 aliphatic heterocycles. The summed E-state index contributed by atoms with van der Waals surface area (Å²) in [6.45, 7) is 1.58. The van der Waals surface area contributed by atoms with Crippen molar-refractivity contribution in [3.8, 4) is 5.69 Å². The van der Waals surface area contributed by atoms with Gasteiger partial charge in [-0.2, -0.15) is 5.10 Å². The van der Waals surface area contributed by atoms with Crippen molar-refractivity contribution in [1.82, 2.24) is 19.5 Å². The zero-order chi connectivity index (χ0) is 21.8. The van der Waals surface area contributed by atoms with Crippen molar-refractivity contribution in [1.29, 1.82) is 0 Å². The molecule has 2 heterocycles. The summed E-state index contributed by atoms with van der Waals surface area (Å²) in [5.74, 6) is 0.358. The fraction of sp³-hybridized carbons (Fsp3) is 0.261. The van der Waals surface area contributed by atoms with Crippen molar-refractivity contribution in [2.45, 2.75) is 13.0 Å². The summed E-state index contributed by atoms with van der Waals surface area (Å²) in [6, 6.07) is 14.1. The Kier molecular flexibility index (Phi) is 6.08. The standard InChI is InChI=1S/C23H25FN6O/c1-27(2)17-22-25-11-14-28(22)19-9-10-21(20(24)15-19)29-12-6-13-30(23(29)31)26-16-18-7-4-3-5-8-18/h3-5,7-11,14-16H,6,12-13,17H2,1-2H3/b26-16+. The smallest absolute Gasteiger partial charge is 0.303 e. The molecule has 1 aromatic heterocycles. The normalized spacial score (nSPS) is 14.8. The van der Waals surface area contributed by atoms with Crippen molar-refractivity contribution in [3.63, 3.8) is 0 Å². The SMILES string of the molecule is CN(C)Cc1nccn1-c1ccc(N2CCCN(/N=C/c3ccccc3)C2=O)c(F)c1. The molecule has 160 valence electrons. The molecule has 2 aromatic carbocycles. The predicted molar refractivity (Wildman–Crippen MR) is 119 cm³/mol. The average molecular weight is 420 g/mol. The van der Waals surface area contributed by atoms with Gasteiger partial charge in [0.2, 0.25) is 0 Å². The van der Waals surface area contributed by atoms with Gasteiger partial charge in [-0.3, -0.25) is 4.90 Å². The molecule has 31 heavy (non-hydrogen) atoms. The van der Waals surface area contributed by atoms with Crippen LogP contribution >= 0.6 is 0 Å². The van der Waals surface area contributed by atoms with Crippen molar-refractivity contribution < 1.29 is 9.18 Å². The van der Waals surface area contributed by atoms with E-state index < -0.39 is 5.82 Å². The Morgan fingerprint density at radius 3 is 2.71 bits per heavy atom. The maximum Gasteiger partial charge on any atom is 0.344 e. The van der Waals surface area contributed by atoms with Gasteiger partial charge in [-0.05, 0) is 38.2 Å². The number of benzene rings is 2. The minimum atomic E-state index is -0.454. The number of halogens is 1. The Labute approximate surface area is 181 Å². The highest BCUT2D eigenvalue weighted by Gasteiger charge is 2.28. The molecular weight excluding hydrogens is 395 g/mol. The van der Waals surface area contributed by atoms with Crippen molar-refractivity contribution in [2.24, 2.45) is 5.10 Å². The number of hydrogen-bond acceptors (Lipinski definition) is 4. The minimum absolute atomic E-state index is 0.252. The van der Waals surface area contributed by atoms with Crippen LogP contribution in [-0.2, 0) is 6.54 Å². The van der Waals surface area contributed by atoms with E-state index in [1.165, 1.54) is 16.0 Å². The van der Waals surface area contributed by atoms with Crippen LogP contribution in [0, 0.1) is 5.82 Å². The van der Waals surface area contributed by atoms with E-state index in [1.807, 2.05) is 53.9 Å². The molecular formula is C23H25FN6O. The van der Waals surface area contributed by atoms with E-state index in [1.54, 1.807) is 30.7 Å². The first-order valence-electron chi connectivity index (χ1n) is 10.2. The first kappa shape index (κ1) is 20.7. The topological polar surface area (TPSA) is 57.0 Å². The first-order chi connectivity index (χ1) is 15.0. The molecule has 8 heteroatoms. The monoisotopic (exact) mass is 420 g/mol. The number of anilines is 1. The van der Waals surface area contributed by atoms with Crippen LogP contribution < -0.4 is 4.90 Å². The number of urea groups is 1. The lowest BCUT2D eigenvalue weighted by molar-refractivity contribution is 0.198. The van der Waals surface area contributed by atoms with Gasteiger partial charge in [-0.25, -0.2) is 19.2 Å². The highest BCUT2D eigenvalue weighted by atomic mass is 19.1. The lowest BCUT2D eigenvalue weighted by atomic mass is 10.2. The molecule has 7 nitrogen and oxygen atoms in total. The van der Waals surface area contributed by atoms with Gasteiger partial charge < -0.3 is 9.47 Å². The summed E-state index contributed by atoms with van der Waals surface area (Å²) in [4.78, 5) is 20.7. The van der Waals surface area contributed by atoms with Crippen molar-refractivity contribution in [3.05, 3.63) is 78.1 Å². The molecule has 0 N–H and O–H groups in total. The molecule has 0 aliphatic carbocycles. The maximum absolute atomic E-state index is 15.1. The molecule has 1 aliphatic rings. The van der Waals surface area contributed by atoms with Crippen LogP contribution in [0.5, 0.6) is 0 Å². The zero-order valence-electron chi connectivity index (χ0n) is 17.6. The Bertz CT molecular complexity index is 1080. The van der Waals surface area contributed by atoms with Gasteiger partial charge in [-0.1, -0.05) is 30.3 Å². The molecule has 0 radical (unpaired) electrons. The second kappa shape index (κ2) is 9.09. The molecule has 1 fully saturated rings. The quantitative estimate of drug-likeness (QED) is 0.571.